The van der Waals surface area contributed by atoms with Crippen molar-refractivity contribution in [2.75, 3.05) is 5.73 Å². The third-order valence-corrected chi connectivity index (χ3v) is 3.96. The van der Waals surface area contributed by atoms with Gasteiger partial charge in [-0.3, -0.25) is 0 Å². The van der Waals surface area contributed by atoms with E-state index in [9.17, 15) is 19.8 Å². The molecule has 25 heavy (non-hydrogen) atoms. The molecule has 3 aromatic rings. The van der Waals surface area contributed by atoms with E-state index in [0.29, 0.717) is 11.1 Å². The molecule has 0 aliphatic heterocycles. The van der Waals surface area contributed by atoms with Crippen LogP contribution >= 0.6 is 0 Å². The van der Waals surface area contributed by atoms with E-state index in [2.05, 4.69) is 0 Å². The quantitative estimate of drug-likeness (QED) is 0.627. The molecule has 5 heteroatoms. The minimum absolute atomic E-state index is 0.0347. The largest absolute Gasteiger partial charge is 0.478 e. The number of carboxylic acids is 2. The van der Waals surface area contributed by atoms with Gasteiger partial charge < -0.3 is 15.9 Å². The number of hydrogen-bond donors (Lipinski definition) is 3. The molecule has 0 heterocycles. The van der Waals surface area contributed by atoms with E-state index in [1.807, 2.05) is 0 Å². The standard InChI is InChI=1S/C20H15NO4/c21-18-16(13-9-5-2-6-10-13)15(19(22)23)11-14(17(18)20(24)25)12-7-3-1-4-8-12/h1-11H,21H2,(H,22,23)(H,24,25). The maximum atomic E-state index is 11.9. The van der Waals surface area contributed by atoms with Gasteiger partial charge >= 0.3 is 11.9 Å². The molecule has 3 rings (SSSR count). The van der Waals surface area contributed by atoms with Crippen molar-refractivity contribution in [1.82, 2.24) is 0 Å². The van der Waals surface area contributed by atoms with Crippen molar-refractivity contribution in [3.8, 4) is 22.3 Å². The van der Waals surface area contributed by atoms with E-state index in [-0.39, 0.29) is 27.9 Å². The predicted octanol–water partition coefficient (Wildman–Crippen LogP) is 4.00. The number of anilines is 1. The van der Waals surface area contributed by atoms with E-state index in [4.69, 9.17) is 5.73 Å². The highest BCUT2D eigenvalue weighted by Gasteiger charge is 2.25. The molecular weight excluding hydrogens is 318 g/mol. The summed E-state index contributed by atoms with van der Waals surface area (Å²) >= 11 is 0. The van der Waals surface area contributed by atoms with Gasteiger partial charge in [-0.25, -0.2) is 9.59 Å². The number of benzene rings is 3. The van der Waals surface area contributed by atoms with Crippen molar-refractivity contribution in [2.24, 2.45) is 0 Å². The van der Waals surface area contributed by atoms with E-state index < -0.39 is 11.9 Å². The van der Waals surface area contributed by atoms with Crippen molar-refractivity contribution >= 4 is 17.6 Å². The summed E-state index contributed by atoms with van der Waals surface area (Å²) in [6, 6.07) is 18.8. The van der Waals surface area contributed by atoms with Crippen LogP contribution in [-0.4, -0.2) is 22.2 Å². The first-order valence-electron chi connectivity index (χ1n) is 7.54. The van der Waals surface area contributed by atoms with Gasteiger partial charge in [0.25, 0.3) is 0 Å². The van der Waals surface area contributed by atoms with E-state index in [0.717, 1.165) is 0 Å². The summed E-state index contributed by atoms with van der Waals surface area (Å²) in [5.41, 5.74) is 7.59. The van der Waals surface area contributed by atoms with Crippen LogP contribution in [0.25, 0.3) is 22.3 Å². The Labute approximate surface area is 144 Å². The van der Waals surface area contributed by atoms with Crippen LogP contribution in [0.4, 0.5) is 5.69 Å². The van der Waals surface area contributed by atoms with Gasteiger partial charge in [0.2, 0.25) is 0 Å². The van der Waals surface area contributed by atoms with E-state index in [1.54, 1.807) is 60.7 Å². The second-order valence-electron chi connectivity index (χ2n) is 5.48. The average Bonchev–Trinajstić information content (AvgIpc) is 2.61. The Morgan fingerprint density at radius 1 is 0.760 bits per heavy atom. The number of rotatable bonds is 4. The highest BCUT2D eigenvalue weighted by atomic mass is 16.4. The van der Waals surface area contributed by atoms with E-state index in [1.165, 1.54) is 6.07 Å². The topological polar surface area (TPSA) is 101 Å². The molecule has 4 N–H and O–H groups in total. The van der Waals surface area contributed by atoms with Crippen molar-refractivity contribution in [2.45, 2.75) is 0 Å². The van der Waals surface area contributed by atoms with Gasteiger partial charge in [-0.15, -0.1) is 0 Å². The fourth-order valence-electron chi connectivity index (χ4n) is 2.86. The Kier molecular flexibility index (Phi) is 4.22. The molecule has 0 aliphatic carbocycles. The van der Waals surface area contributed by atoms with Gasteiger partial charge in [-0.05, 0) is 22.8 Å². The maximum Gasteiger partial charge on any atom is 0.338 e. The lowest BCUT2D eigenvalue weighted by Crippen LogP contribution is -2.11. The Morgan fingerprint density at radius 3 is 1.76 bits per heavy atom. The molecule has 0 spiro atoms. The summed E-state index contributed by atoms with van der Waals surface area (Å²) in [7, 11) is 0. The van der Waals surface area contributed by atoms with Crippen molar-refractivity contribution in [3.05, 3.63) is 77.9 Å². The number of aromatic carboxylic acids is 2. The van der Waals surface area contributed by atoms with Gasteiger partial charge in [0, 0.05) is 5.56 Å². The number of hydrogen-bond acceptors (Lipinski definition) is 3. The zero-order valence-corrected chi connectivity index (χ0v) is 13.1. The maximum absolute atomic E-state index is 11.9. The first-order valence-corrected chi connectivity index (χ1v) is 7.54. The summed E-state index contributed by atoms with van der Waals surface area (Å²) < 4.78 is 0. The molecule has 0 unspecified atom stereocenters. The normalized spacial score (nSPS) is 10.4. The Balaban J connectivity index is 2.41. The summed E-state index contributed by atoms with van der Waals surface area (Å²) in [5, 5.41) is 19.3. The summed E-state index contributed by atoms with van der Waals surface area (Å²) in [4.78, 5) is 23.7. The monoisotopic (exact) mass is 333 g/mol. The number of nitrogens with two attached hydrogens (primary N) is 1. The zero-order valence-electron chi connectivity index (χ0n) is 13.1. The third-order valence-electron chi connectivity index (χ3n) is 3.96. The first kappa shape index (κ1) is 16.3. The van der Waals surface area contributed by atoms with Crippen LogP contribution in [-0.2, 0) is 0 Å². The first-order chi connectivity index (χ1) is 12.0. The lowest BCUT2D eigenvalue weighted by Gasteiger charge is -2.17. The second kappa shape index (κ2) is 6.49. The van der Waals surface area contributed by atoms with Crippen LogP contribution in [0.1, 0.15) is 20.7 Å². The Hall–Kier alpha value is -3.60. The van der Waals surface area contributed by atoms with Crippen molar-refractivity contribution < 1.29 is 19.8 Å². The van der Waals surface area contributed by atoms with Crippen molar-refractivity contribution in [3.63, 3.8) is 0 Å². The highest BCUT2D eigenvalue weighted by molar-refractivity contribution is 6.10. The molecule has 3 aromatic carbocycles. The predicted molar refractivity (Wildman–Crippen MR) is 95.6 cm³/mol. The van der Waals surface area contributed by atoms with Gasteiger partial charge in [-0.2, -0.15) is 0 Å². The van der Waals surface area contributed by atoms with Gasteiger partial charge in [0.05, 0.1) is 16.8 Å². The van der Waals surface area contributed by atoms with Crippen LogP contribution in [0.5, 0.6) is 0 Å². The van der Waals surface area contributed by atoms with E-state index >= 15 is 0 Å². The summed E-state index contributed by atoms with van der Waals surface area (Å²) in [6.07, 6.45) is 0. The zero-order chi connectivity index (χ0) is 18.0. The minimum atomic E-state index is -1.20. The van der Waals surface area contributed by atoms with Crippen LogP contribution in [0.15, 0.2) is 66.7 Å². The molecular formula is C20H15NO4. The summed E-state index contributed by atoms with van der Waals surface area (Å²) in [6.45, 7) is 0. The lowest BCUT2D eigenvalue weighted by atomic mass is 9.88. The van der Waals surface area contributed by atoms with Crippen LogP contribution in [0.3, 0.4) is 0 Å². The fraction of sp³-hybridized carbons (Fsp3) is 0. The highest BCUT2D eigenvalue weighted by Crippen LogP contribution is 2.38. The molecule has 5 nitrogen and oxygen atoms in total. The summed E-state index contributed by atoms with van der Waals surface area (Å²) in [5.74, 6) is -2.37. The lowest BCUT2D eigenvalue weighted by molar-refractivity contribution is 0.0683. The smallest absolute Gasteiger partial charge is 0.338 e. The molecule has 0 saturated carbocycles. The Bertz CT molecular complexity index is 950. The molecule has 0 bridgehead atoms. The van der Waals surface area contributed by atoms with Gasteiger partial charge in [0.1, 0.15) is 0 Å². The minimum Gasteiger partial charge on any atom is -0.478 e. The fourth-order valence-corrected chi connectivity index (χ4v) is 2.86. The van der Waals surface area contributed by atoms with Crippen LogP contribution in [0, 0.1) is 0 Å². The number of carbonyl (C=O) groups is 2. The molecule has 124 valence electrons. The van der Waals surface area contributed by atoms with Crippen LogP contribution < -0.4 is 5.73 Å². The molecule has 0 amide bonds. The molecule has 0 atom stereocenters. The van der Waals surface area contributed by atoms with Crippen molar-refractivity contribution in [1.29, 1.82) is 0 Å². The second-order valence-corrected chi connectivity index (χ2v) is 5.48. The molecule has 0 saturated heterocycles. The van der Waals surface area contributed by atoms with Gasteiger partial charge in [-0.1, -0.05) is 60.7 Å². The molecule has 0 fully saturated rings. The number of carboxylic acid groups (broad SMARTS) is 2. The Morgan fingerprint density at radius 2 is 1.28 bits per heavy atom. The van der Waals surface area contributed by atoms with Crippen LogP contribution in [0.2, 0.25) is 0 Å². The SMILES string of the molecule is Nc1c(C(=O)O)c(-c2ccccc2)cc(C(=O)O)c1-c1ccccc1. The third kappa shape index (κ3) is 2.95. The molecule has 0 aliphatic rings. The number of nitrogen functional groups attached to an aromatic ring is 1. The van der Waals surface area contributed by atoms with Gasteiger partial charge in [0.15, 0.2) is 0 Å². The average molecular weight is 333 g/mol. The molecule has 0 aromatic heterocycles. The molecule has 0 radical (unpaired) electrons.